The fraction of sp³-hybridized carbons (Fsp3) is 0.800. The lowest BCUT2D eigenvalue weighted by Crippen LogP contribution is -2.31. The van der Waals surface area contributed by atoms with E-state index in [1.807, 2.05) is 12.1 Å². The van der Waals surface area contributed by atoms with Crippen LogP contribution in [0.1, 0.15) is 32.6 Å². The fourth-order valence-electron chi connectivity index (χ4n) is 1.90. The monoisotopic (exact) mass is 178 g/mol. The number of rotatable bonds is 1. The lowest BCUT2D eigenvalue weighted by Gasteiger charge is -2.31. The molecule has 0 spiro atoms. The van der Waals surface area contributed by atoms with Gasteiger partial charge in [0.25, 0.3) is 0 Å². The molecule has 0 unspecified atom stereocenters. The summed E-state index contributed by atoms with van der Waals surface area (Å²) in [6.07, 6.45) is 2.89. The Balaban J connectivity index is 2.72. The molecular weight excluding hydrogens is 164 g/mol. The number of aliphatic hydroxyl groups is 1. The second-order valence-electron chi connectivity index (χ2n) is 3.94. The van der Waals surface area contributed by atoms with Crippen molar-refractivity contribution in [1.29, 1.82) is 10.5 Å². The maximum Gasteiger partial charge on any atom is 0.143 e. The van der Waals surface area contributed by atoms with Gasteiger partial charge in [-0.15, -0.1) is 0 Å². The van der Waals surface area contributed by atoms with Crippen molar-refractivity contribution in [3.63, 3.8) is 0 Å². The minimum Gasteiger partial charge on any atom is -0.393 e. The van der Waals surface area contributed by atoms with E-state index < -0.39 is 5.41 Å². The average molecular weight is 178 g/mol. The number of nitriles is 2. The number of hydrogen-bond donors (Lipinski definition) is 1. The Morgan fingerprint density at radius 1 is 1.31 bits per heavy atom. The first-order valence-corrected chi connectivity index (χ1v) is 4.63. The van der Waals surface area contributed by atoms with Gasteiger partial charge in [0.15, 0.2) is 0 Å². The summed E-state index contributed by atoms with van der Waals surface area (Å²) < 4.78 is 0. The van der Waals surface area contributed by atoms with E-state index in [1.165, 1.54) is 0 Å². The molecule has 2 atom stereocenters. The number of nitrogens with zero attached hydrogens (tertiary/aromatic N) is 2. The highest BCUT2D eigenvalue weighted by atomic mass is 16.3. The molecule has 0 radical (unpaired) electrons. The summed E-state index contributed by atoms with van der Waals surface area (Å²) in [5.74, 6) is 0.0336. The van der Waals surface area contributed by atoms with Crippen LogP contribution in [0.5, 0.6) is 0 Å². The van der Waals surface area contributed by atoms with Crippen molar-refractivity contribution in [3.05, 3.63) is 0 Å². The van der Waals surface area contributed by atoms with Crippen LogP contribution >= 0.6 is 0 Å². The predicted octanol–water partition coefficient (Wildman–Crippen LogP) is 1.59. The van der Waals surface area contributed by atoms with Gasteiger partial charge in [-0.05, 0) is 32.1 Å². The molecule has 0 aromatic carbocycles. The minimum atomic E-state index is -0.915. The third-order valence-corrected chi connectivity index (χ3v) is 2.93. The first kappa shape index (κ1) is 10.0. The van der Waals surface area contributed by atoms with E-state index in [4.69, 9.17) is 10.5 Å². The van der Waals surface area contributed by atoms with Gasteiger partial charge in [-0.2, -0.15) is 10.5 Å². The second-order valence-corrected chi connectivity index (χ2v) is 3.94. The van der Waals surface area contributed by atoms with Crippen LogP contribution < -0.4 is 0 Å². The summed E-state index contributed by atoms with van der Waals surface area (Å²) in [6.45, 7) is 1.66. The van der Waals surface area contributed by atoms with Crippen LogP contribution in [0.15, 0.2) is 0 Å². The smallest absolute Gasteiger partial charge is 0.143 e. The fourth-order valence-corrected chi connectivity index (χ4v) is 1.90. The molecule has 0 aromatic rings. The lowest BCUT2D eigenvalue weighted by molar-refractivity contribution is 0.0789. The maximum absolute atomic E-state index is 9.42. The van der Waals surface area contributed by atoms with Crippen LogP contribution in [0.25, 0.3) is 0 Å². The minimum absolute atomic E-state index is 0.0336. The molecule has 1 aliphatic rings. The lowest BCUT2D eigenvalue weighted by atomic mass is 9.71. The first-order valence-electron chi connectivity index (χ1n) is 4.63. The summed E-state index contributed by atoms with van der Waals surface area (Å²) in [4.78, 5) is 0. The van der Waals surface area contributed by atoms with Gasteiger partial charge in [-0.3, -0.25) is 0 Å². The Bertz CT molecular complexity index is 247. The summed E-state index contributed by atoms with van der Waals surface area (Å²) in [5, 5.41) is 27.2. The Morgan fingerprint density at radius 3 is 2.38 bits per heavy atom. The second kappa shape index (κ2) is 3.77. The third-order valence-electron chi connectivity index (χ3n) is 2.93. The SMILES string of the molecule is CC(C#N)(C#N)[C@H]1CCC[C@@H](O)C1. The number of hydrogen-bond acceptors (Lipinski definition) is 3. The zero-order valence-corrected chi connectivity index (χ0v) is 7.82. The Labute approximate surface area is 78.6 Å². The standard InChI is InChI=1S/C10H14N2O/c1-10(6-11,7-12)8-3-2-4-9(13)5-8/h8-9,13H,2-5H2,1H3/t8-,9+/m0/s1. The van der Waals surface area contributed by atoms with Gasteiger partial charge in [-0.25, -0.2) is 0 Å². The molecule has 0 saturated heterocycles. The van der Waals surface area contributed by atoms with Crippen LogP contribution in [0.4, 0.5) is 0 Å². The molecule has 0 heterocycles. The predicted molar refractivity (Wildman–Crippen MR) is 47.3 cm³/mol. The van der Waals surface area contributed by atoms with Crippen LogP contribution in [0.2, 0.25) is 0 Å². The van der Waals surface area contributed by atoms with Gasteiger partial charge in [0.2, 0.25) is 0 Å². The number of aliphatic hydroxyl groups excluding tert-OH is 1. The summed E-state index contributed by atoms with van der Waals surface area (Å²) in [6, 6.07) is 4.09. The first-order chi connectivity index (χ1) is 6.12. The van der Waals surface area contributed by atoms with E-state index in [-0.39, 0.29) is 12.0 Å². The van der Waals surface area contributed by atoms with E-state index in [9.17, 15) is 5.11 Å². The van der Waals surface area contributed by atoms with Crippen molar-refractivity contribution in [1.82, 2.24) is 0 Å². The van der Waals surface area contributed by atoms with Gasteiger partial charge < -0.3 is 5.11 Å². The van der Waals surface area contributed by atoms with E-state index in [0.29, 0.717) is 6.42 Å². The Hall–Kier alpha value is -1.06. The normalized spacial score (nSPS) is 28.9. The van der Waals surface area contributed by atoms with Gasteiger partial charge in [0, 0.05) is 0 Å². The van der Waals surface area contributed by atoms with Crippen molar-refractivity contribution >= 4 is 0 Å². The van der Waals surface area contributed by atoms with Gasteiger partial charge in [0.05, 0.1) is 18.2 Å². The van der Waals surface area contributed by atoms with Crippen LogP contribution in [0, 0.1) is 34.0 Å². The molecule has 0 aromatic heterocycles. The molecule has 3 heteroatoms. The van der Waals surface area contributed by atoms with Gasteiger partial charge >= 0.3 is 0 Å². The van der Waals surface area contributed by atoms with E-state index in [0.717, 1.165) is 19.3 Å². The van der Waals surface area contributed by atoms with Crippen LogP contribution in [-0.4, -0.2) is 11.2 Å². The zero-order valence-electron chi connectivity index (χ0n) is 7.82. The van der Waals surface area contributed by atoms with E-state index in [2.05, 4.69) is 0 Å². The third kappa shape index (κ3) is 1.99. The molecule has 1 fully saturated rings. The molecule has 13 heavy (non-hydrogen) atoms. The Morgan fingerprint density at radius 2 is 1.92 bits per heavy atom. The van der Waals surface area contributed by atoms with Crippen molar-refractivity contribution in [2.75, 3.05) is 0 Å². The molecule has 1 aliphatic carbocycles. The molecule has 0 aliphatic heterocycles. The summed E-state index contributed by atoms with van der Waals surface area (Å²) in [7, 11) is 0. The molecule has 1 saturated carbocycles. The van der Waals surface area contributed by atoms with Crippen LogP contribution in [-0.2, 0) is 0 Å². The zero-order chi connectivity index (χ0) is 9.90. The molecular formula is C10H14N2O. The Kier molecular flexibility index (Phi) is 2.90. The molecule has 1 N–H and O–H groups in total. The summed E-state index contributed by atoms with van der Waals surface area (Å²) >= 11 is 0. The van der Waals surface area contributed by atoms with Crippen molar-refractivity contribution < 1.29 is 5.11 Å². The van der Waals surface area contributed by atoms with Gasteiger partial charge in [0.1, 0.15) is 5.41 Å². The molecule has 1 rings (SSSR count). The van der Waals surface area contributed by atoms with Gasteiger partial charge in [-0.1, -0.05) is 6.42 Å². The van der Waals surface area contributed by atoms with E-state index >= 15 is 0 Å². The van der Waals surface area contributed by atoms with Crippen molar-refractivity contribution in [2.45, 2.75) is 38.7 Å². The largest absolute Gasteiger partial charge is 0.393 e. The van der Waals surface area contributed by atoms with Crippen molar-refractivity contribution in [3.8, 4) is 12.1 Å². The maximum atomic E-state index is 9.42. The molecule has 0 amide bonds. The quantitative estimate of drug-likeness (QED) is 0.663. The topological polar surface area (TPSA) is 67.8 Å². The molecule has 3 nitrogen and oxygen atoms in total. The highest BCUT2D eigenvalue weighted by Gasteiger charge is 2.37. The van der Waals surface area contributed by atoms with E-state index in [1.54, 1.807) is 6.92 Å². The highest BCUT2D eigenvalue weighted by Crippen LogP contribution is 2.37. The molecule has 0 bridgehead atoms. The van der Waals surface area contributed by atoms with Crippen molar-refractivity contribution in [2.24, 2.45) is 11.3 Å². The highest BCUT2D eigenvalue weighted by molar-refractivity contribution is 5.14. The average Bonchev–Trinajstić information content (AvgIpc) is 2.17. The van der Waals surface area contributed by atoms with Crippen LogP contribution in [0.3, 0.4) is 0 Å². The summed E-state index contributed by atoms with van der Waals surface area (Å²) in [5.41, 5.74) is -0.915. The molecule has 70 valence electrons.